The predicted molar refractivity (Wildman–Crippen MR) is 115 cm³/mol. The van der Waals surface area contributed by atoms with E-state index in [-0.39, 0.29) is 5.91 Å². The average Bonchev–Trinajstić information content (AvgIpc) is 2.65. The quantitative estimate of drug-likeness (QED) is 0.497. The Bertz CT molecular complexity index is 902. The van der Waals surface area contributed by atoms with E-state index >= 15 is 0 Å². The van der Waals surface area contributed by atoms with E-state index < -0.39 is 16.1 Å². The summed E-state index contributed by atoms with van der Waals surface area (Å²) in [6, 6.07) is 14.2. The van der Waals surface area contributed by atoms with Gasteiger partial charge >= 0.3 is 0 Å². The normalized spacial score (nSPS) is 12.3. The molecule has 0 fully saturated rings. The molecule has 28 heavy (non-hydrogen) atoms. The Morgan fingerprint density at radius 1 is 1.21 bits per heavy atom. The molecule has 0 aliphatic heterocycles. The molecule has 0 spiro atoms. The van der Waals surface area contributed by atoms with Crippen LogP contribution in [0.3, 0.4) is 0 Å². The number of sulfonamides is 1. The number of hydrogen-bond acceptors (Lipinski definition) is 5. The van der Waals surface area contributed by atoms with Gasteiger partial charge in [-0.05, 0) is 43.7 Å². The first-order valence-corrected chi connectivity index (χ1v) is 11.7. The molecule has 2 aromatic rings. The van der Waals surface area contributed by atoms with Crippen molar-refractivity contribution in [3.8, 4) is 5.75 Å². The van der Waals surface area contributed by atoms with Crippen LogP contribution in [0.5, 0.6) is 5.75 Å². The van der Waals surface area contributed by atoms with E-state index in [9.17, 15) is 13.2 Å². The van der Waals surface area contributed by atoms with E-state index in [4.69, 9.17) is 4.74 Å². The van der Waals surface area contributed by atoms with Crippen molar-refractivity contribution in [3.63, 3.8) is 0 Å². The number of carbonyl (C=O) groups is 1. The van der Waals surface area contributed by atoms with Gasteiger partial charge in [0.05, 0.1) is 19.1 Å². The summed E-state index contributed by atoms with van der Waals surface area (Å²) < 4.78 is 31.3. The molecule has 152 valence electrons. The van der Waals surface area contributed by atoms with E-state index in [1.54, 1.807) is 30.8 Å². The van der Waals surface area contributed by atoms with Gasteiger partial charge < -0.3 is 10.1 Å². The number of anilines is 1. The summed E-state index contributed by atoms with van der Waals surface area (Å²) in [5.41, 5.74) is 1.22. The van der Waals surface area contributed by atoms with Gasteiger partial charge in [0.15, 0.2) is 0 Å². The lowest BCUT2D eigenvalue weighted by atomic mass is 10.2. The van der Waals surface area contributed by atoms with Crippen LogP contribution in [0.25, 0.3) is 0 Å². The average molecular weight is 423 g/mol. The summed E-state index contributed by atoms with van der Waals surface area (Å²) in [6.45, 7) is 3.86. The Kier molecular flexibility index (Phi) is 7.77. The number of benzene rings is 2. The molecule has 1 amide bonds. The molecule has 0 radical (unpaired) electrons. The van der Waals surface area contributed by atoms with Crippen molar-refractivity contribution in [2.45, 2.75) is 24.8 Å². The van der Waals surface area contributed by atoms with Crippen LogP contribution < -0.4 is 14.4 Å². The molecule has 2 aromatic carbocycles. The van der Waals surface area contributed by atoms with Crippen LogP contribution in [0.4, 0.5) is 5.69 Å². The van der Waals surface area contributed by atoms with Crippen LogP contribution in [0.1, 0.15) is 12.5 Å². The maximum absolute atomic E-state index is 12.6. The topological polar surface area (TPSA) is 75.7 Å². The zero-order valence-corrected chi connectivity index (χ0v) is 18.1. The van der Waals surface area contributed by atoms with E-state index in [0.29, 0.717) is 23.7 Å². The minimum atomic E-state index is -3.70. The van der Waals surface area contributed by atoms with Gasteiger partial charge in [-0.2, -0.15) is 0 Å². The summed E-state index contributed by atoms with van der Waals surface area (Å²) in [6.07, 6.45) is 1.09. The van der Waals surface area contributed by atoms with Crippen LogP contribution in [0.15, 0.2) is 53.4 Å². The third kappa shape index (κ3) is 5.90. The van der Waals surface area contributed by atoms with E-state index in [2.05, 4.69) is 5.32 Å². The molecular formula is C20H26N2O4S2. The number of aryl methyl sites for hydroxylation is 1. The molecule has 0 saturated carbocycles. The third-order valence-electron chi connectivity index (χ3n) is 4.07. The van der Waals surface area contributed by atoms with Gasteiger partial charge in [-0.15, -0.1) is 11.8 Å². The predicted octanol–water partition coefficient (Wildman–Crippen LogP) is 3.07. The highest BCUT2D eigenvalue weighted by Crippen LogP contribution is 2.32. The number of carbonyl (C=O) groups excluding carboxylic acids is 1. The van der Waals surface area contributed by atoms with Crippen molar-refractivity contribution in [1.29, 1.82) is 0 Å². The van der Waals surface area contributed by atoms with Crippen molar-refractivity contribution in [2.75, 3.05) is 30.0 Å². The maximum Gasteiger partial charge on any atom is 0.243 e. The van der Waals surface area contributed by atoms with Crippen LogP contribution in [0.2, 0.25) is 0 Å². The summed E-state index contributed by atoms with van der Waals surface area (Å²) in [5, 5.41) is 2.82. The molecule has 0 bridgehead atoms. The van der Waals surface area contributed by atoms with E-state index in [0.717, 1.165) is 21.0 Å². The molecule has 6 nitrogen and oxygen atoms in total. The van der Waals surface area contributed by atoms with Crippen LogP contribution in [-0.4, -0.2) is 46.0 Å². The Morgan fingerprint density at radius 2 is 1.89 bits per heavy atom. The lowest BCUT2D eigenvalue weighted by molar-refractivity contribution is -0.121. The first-order chi connectivity index (χ1) is 13.2. The summed E-state index contributed by atoms with van der Waals surface area (Å²) in [7, 11) is -2.23. The highest BCUT2D eigenvalue weighted by atomic mass is 32.2. The molecule has 0 aliphatic carbocycles. The number of amides is 1. The van der Waals surface area contributed by atoms with Crippen molar-refractivity contribution < 1.29 is 17.9 Å². The Balaban J connectivity index is 2.09. The maximum atomic E-state index is 12.6. The molecule has 1 N–H and O–H groups in total. The molecule has 0 saturated heterocycles. The number of hydrogen-bond donors (Lipinski definition) is 1. The van der Waals surface area contributed by atoms with Gasteiger partial charge in [0.1, 0.15) is 11.8 Å². The van der Waals surface area contributed by atoms with Crippen LogP contribution in [-0.2, 0) is 14.8 Å². The molecule has 1 atom stereocenters. The largest absolute Gasteiger partial charge is 0.495 e. The van der Waals surface area contributed by atoms with Gasteiger partial charge in [-0.25, -0.2) is 8.42 Å². The van der Waals surface area contributed by atoms with Gasteiger partial charge in [-0.3, -0.25) is 9.10 Å². The minimum Gasteiger partial charge on any atom is -0.495 e. The number of nitrogens with one attached hydrogen (secondary N) is 1. The summed E-state index contributed by atoms with van der Waals surface area (Å²) in [4.78, 5) is 13.8. The molecule has 8 heteroatoms. The number of nitrogens with zero attached hydrogens (tertiary/aromatic N) is 1. The highest BCUT2D eigenvalue weighted by Gasteiger charge is 2.31. The first kappa shape index (κ1) is 22.1. The number of thioether (sulfide) groups is 1. The molecule has 1 unspecified atom stereocenters. The van der Waals surface area contributed by atoms with Gasteiger partial charge in [0.25, 0.3) is 0 Å². The van der Waals surface area contributed by atoms with Crippen molar-refractivity contribution in [2.24, 2.45) is 0 Å². The number of methoxy groups -OCH3 is 1. The fraction of sp³-hybridized carbons (Fsp3) is 0.350. The lowest BCUT2D eigenvalue weighted by Crippen LogP contribution is -2.48. The number of ether oxygens (including phenoxy) is 1. The smallest absolute Gasteiger partial charge is 0.243 e. The molecular weight excluding hydrogens is 396 g/mol. The van der Waals surface area contributed by atoms with Crippen molar-refractivity contribution >= 4 is 33.4 Å². The SMILES string of the molecule is COc1ccc(C)cc1N(C(C)C(=O)NCCSc1ccccc1)S(C)(=O)=O. The monoisotopic (exact) mass is 422 g/mol. The Labute approximate surface area is 171 Å². The highest BCUT2D eigenvalue weighted by molar-refractivity contribution is 7.99. The summed E-state index contributed by atoms with van der Waals surface area (Å²) >= 11 is 1.63. The zero-order valence-electron chi connectivity index (χ0n) is 16.5. The molecule has 0 aliphatic rings. The molecule has 0 heterocycles. The third-order valence-corrected chi connectivity index (χ3v) is 6.31. The van der Waals surface area contributed by atoms with Crippen molar-refractivity contribution in [1.82, 2.24) is 5.32 Å². The second kappa shape index (κ2) is 9.84. The van der Waals surface area contributed by atoms with Crippen LogP contribution in [0, 0.1) is 6.92 Å². The van der Waals surface area contributed by atoms with Crippen LogP contribution >= 0.6 is 11.8 Å². The van der Waals surface area contributed by atoms with E-state index in [1.807, 2.05) is 43.3 Å². The number of rotatable bonds is 9. The molecule has 0 aromatic heterocycles. The summed E-state index contributed by atoms with van der Waals surface area (Å²) in [5.74, 6) is 0.729. The molecule has 2 rings (SSSR count). The lowest BCUT2D eigenvalue weighted by Gasteiger charge is -2.29. The Morgan fingerprint density at radius 3 is 2.50 bits per heavy atom. The standard InChI is InChI=1S/C20H26N2O4S2/c1-15-10-11-19(26-3)18(14-15)22(28(4,24)25)16(2)20(23)21-12-13-27-17-8-6-5-7-9-17/h5-11,14,16H,12-13H2,1-4H3,(H,21,23). The van der Waals surface area contributed by atoms with E-state index in [1.165, 1.54) is 7.11 Å². The zero-order chi connectivity index (χ0) is 20.7. The second-order valence-corrected chi connectivity index (χ2v) is 9.39. The fourth-order valence-corrected chi connectivity index (χ4v) is 4.72. The first-order valence-electron chi connectivity index (χ1n) is 8.83. The second-order valence-electron chi connectivity index (χ2n) is 6.36. The van der Waals surface area contributed by atoms with Crippen molar-refractivity contribution in [3.05, 3.63) is 54.1 Å². The van der Waals surface area contributed by atoms with Gasteiger partial charge in [0, 0.05) is 17.2 Å². The van der Waals surface area contributed by atoms with Gasteiger partial charge in [0.2, 0.25) is 15.9 Å². The van der Waals surface area contributed by atoms with Gasteiger partial charge in [-0.1, -0.05) is 24.3 Å². The Hall–Kier alpha value is -2.19. The minimum absolute atomic E-state index is 0.353. The fourth-order valence-electron chi connectivity index (χ4n) is 2.76.